The number of fused-ring (bicyclic) bond motifs is 1. The first kappa shape index (κ1) is 19.1. The van der Waals surface area contributed by atoms with Crippen LogP contribution in [0.5, 0.6) is 0 Å². The van der Waals surface area contributed by atoms with E-state index in [4.69, 9.17) is 4.74 Å². The summed E-state index contributed by atoms with van der Waals surface area (Å²) in [6.45, 7) is 6.28. The second-order valence-electron chi connectivity index (χ2n) is 7.59. The van der Waals surface area contributed by atoms with Crippen molar-refractivity contribution in [3.05, 3.63) is 34.5 Å². The first-order chi connectivity index (χ1) is 13.6. The number of hydrogen-bond acceptors (Lipinski definition) is 6. The van der Waals surface area contributed by atoms with E-state index in [2.05, 4.69) is 39.3 Å². The van der Waals surface area contributed by atoms with Gasteiger partial charge < -0.3 is 15.0 Å². The average Bonchev–Trinajstić information content (AvgIpc) is 3.08. The quantitative estimate of drug-likeness (QED) is 0.821. The van der Waals surface area contributed by atoms with Crippen LogP contribution in [-0.4, -0.2) is 41.3 Å². The molecule has 1 fully saturated rings. The van der Waals surface area contributed by atoms with Crippen molar-refractivity contribution in [2.45, 2.75) is 58.3 Å². The number of carbonyl (C=O) groups excluding carboxylic acids is 1. The minimum absolute atomic E-state index is 0.201. The molecule has 0 radical (unpaired) electrons. The molecule has 0 bridgehead atoms. The van der Waals surface area contributed by atoms with Gasteiger partial charge >= 0.3 is 6.03 Å². The van der Waals surface area contributed by atoms with E-state index in [1.54, 1.807) is 11.3 Å². The number of aromatic nitrogens is 2. The van der Waals surface area contributed by atoms with Crippen molar-refractivity contribution in [3.8, 4) is 0 Å². The maximum Gasteiger partial charge on any atom is 0.321 e. The van der Waals surface area contributed by atoms with Crippen LogP contribution in [0.3, 0.4) is 0 Å². The number of nitrogens with zero attached hydrogens (tertiary/aromatic N) is 3. The lowest BCUT2D eigenvalue weighted by Crippen LogP contribution is -2.45. The van der Waals surface area contributed by atoms with Gasteiger partial charge in [0.2, 0.25) is 0 Å². The topological polar surface area (TPSA) is 79.4 Å². The Morgan fingerprint density at radius 2 is 2.04 bits per heavy atom. The normalized spacial score (nSPS) is 21.9. The summed E-state index contributed by atoms with van der Waals surface area (Å²) in [7, 11) is 0. The van der Waals surface area contributed by atoms with Crippen molar-refractivity contribution in [2.75, 3.05) is 23.3 Å². The van der Waals surface area contributed by atoms with Crippen molar-refractivity contribution in [1.29, 1.82) is 0 Å². The molecule has 4 rings (SSSR count). The van der Waals surface area contributed by atoms with E-state index in [9.17, 15) is 4.79 Å². The molecule has 28 heavy (non-hydrogen) atoms. The molecule has 0 aromatic carbocycles. The van der Waals surface area contributed by atoms with Crippen molar-refractivity contribution < 1.29 is 9.53 Å². The van der Waals surface area contributed by atoms with Gasteiger partial charge in [-0.25, -0.2) is 14.8 Å². The maximum atomic E-state index is 12.2. The lowest BCUT2D eigenvalue weighted by Gasteiger charge is -2.36. The molecule has 150 valence electrons. The monoisotopic (exact) mass is 401 g/mol. The van der Waals surface area contributed by atoms with E-state index in [0.29, 0.717) is 11.7 Å². The Balaban J connectivity index is 1.28. The summed E-state index contributed by atoms with van der Waals surface area (Å²) in [5.41, 5.74) is 2.12. The van der Waals surface area contributed by atoms with E-state index < -0.39 is 0 Å². The molecule has 2 atom stereocenters. The number of urea groups is 1. The Bertz CT molecular complexity index is 789. The summed E-state index contributed by atoms with van der Waals surface area (Å²) in [5, 5.41) is 6.43. The summed E-state index contributed by atoms with van der Waals surface area (Å²) >= 11 is 1.59. The van der Waals surface area contributed by atoms with Crippen LogP contribution < -0.4 is 15.5 Å². The average molecular weight is 402 g/mol. The molecular formula is C20H27N5O2S. The largest absolute Gasteiger partial charge is 0.372 e. The molecular weight excluding hydrogens is 374 g/mol. The molecule has 0 saturated carbocycles. The highest BCUT2D eigenvalue weighted by molar-refractivity contribution is 7.15. The number of morpholine rings is 1. The molecule has 7 nitrogen and oxygen atoms in total. The van der Waals surface area contributed by atoms with Crippen molar-refractivity contribution in [3.63, 3.8) is 0 Å². The SMILES string of the molecule is CC1CN(c2ccc(CNC(=O)Nc3nc4c(s3)CCCC4)cn2)CC(C)O1. The first-order valence-electron chi connectivity index (χ1n) is 9.95. The van der Waals surface area contributed by atoms with E-state index in [0.717, 1.165) is 43.0 Å². The zero-order chi connectivity index (χ0) is 19.5. The molecule has 2 amide bonds. The fourth-order valence-electron chi connectivity index (χ4n) is 3.80. The fraction of sp³-hybridized carbons (Fsp3) is 0.550. The second-order valence-corrected chi connectivity index (χ2v) is 8.67. The lowest BCUT2D eigenvalue weighted by molar-refractivity contribution is -0.00546. The number of hydrogen-bond donors (Lipinski definition) is 2. The van der Waals surface area contributed by atoms with Gasteiger partial charge in [-0.2, -0.15) is 0 Å². The second kappa shape index (κ2) is 8.45. The minimum atomic E-state index is -0.231. The molecule has 2 unspecified atom stereocenters. The number of amides is 2. The minimum Gasteiger partial charge on any atom is -0.372 e. The Kier molecular flexibility index (Phi) is 5.77. The molecule has 8 heteroatoms. The smallest absolute Gasteiger partial charge is 0.321 e. The van der Waals surface area contributed by atoms with Gasteiger partial charge in [0, 0.05) is 30.7 Å². The van der Waals surface area contributed by atoms with Gasteiger partial charge in [0.1, 0.15) is 5.82 Å². The zero-order valence-electron chi connectivity index (χ0n) is 16.4. The Hall–Kier alpha value is -2.19. The Labute approximate surface area is 169 Å². The summed E-state index contributed by atoms with van der Waals surface area (Å²) < 4.78 is 5.77. The van der Waals surface area contributed by atoms with Crippen LogP contribution in [0.1, 0.15) is 42.8 Å². The maximum absolute atomic E-state index is 12.2. The third kappa shape index (κ3) is 4.62. The van der Waals surface area contributed by atoms with Crippen molar-refractivity contribution in [2.24, 2.45) is 0 Å². The molecule has 2 aromatic rings. The number of anilines is 2. The van der Waals surface area contributed by atoms with Gasteiger partial charge in [-0.15, -0.1) is 11.3 Å². The number of nitrogens with one attached hydrogen (secondary N) is 2. The van der Waals surface area contributed by atoms with Crippen LogP contribution in [0.25, 0.3) is 0 Å². The van der Waals surface area contributed by atoms with E-state index >= 15 is 0 Å². The molecule has 1 aliphatic heterocycles. The number of rotatable bonds is 4. The van der Waals surface area contributed by atoms with E-state index in [1.807, 2.05) is 18.3 Å². The van der Waals surface area contributed by atoms with Crippen LogP contribution in [0.2, 0.25) is 0 Å². The highest BCUT2D eigenvalue weighted by Crippen LogP contribution is 2.29. The third-order valence-electron chi connectivity index (χ3n) is 5.07. The van der Waals surface area contributed by atoms with Crippen LogP contribution in [0.4, 0.5) is 15.7 Å². The lowest BCUT2D eigenvalue weighted by atomic mass is 10.0. The van der Waals surface area contributed by atoms with Crippen LogP contribution in [0, 0.1) is 0 Å². The molecule has 3 heterocycles. The van der Waals surface area contributed by atoms with Crippen molar-refractivity contribution >= 4 is 28.3 Å². The first-order valence-corrected chi connectivity index (χ1v) is 10.8. The van der Waals surface area contributed by atoms with Gasteiger partial charge in [-0.3, -0.25) is 5.32 Å². The highest BCUT2D eigenvalue weighted by atomic mass is 32.1. The predicted molar refractivity (Wildman–Crippen MR) is 111 cm³/mol. The summed E-state index contributed by atoms with van der Waals surface area (Å²) in [5.74, 6) is 0.948. The number of thiazole rings is 1. The van der Waals surface area contributed by atoms with Gasteiger partial charge in [0.05, 0.1) is 17.9 Å². The Morgan fingerprint density at radius 1 is 1.25 bits per heavy atom. The summed E-state index contributed by atoms with van der Waals surface area (Å²) in [4.78, 5) is 24.8. The molecule has 1 aliphatic carbocycles. The van der Waals surface area contributed by atoms with Gasteiger partial charge in [-0.05, 0) is 51.2 Å². The molecule has 0 spiro atoms. The molecule has 2 N–H and O–H groups in total. The Morgan fingerprint density at radius 3 is 2.75 bits per heavy atom. The third-order valence-corrected chi connectivity index (χ3v) is 6.14. The van der Waals surface area contributed by atoms with E-state index in [-0.39, 0.29) is 18.2 Å². The molecule has 2 aliphatic rings. The van der Waals surface area contributed by atoms with Gasteiger partial charge in [-0.1, -0.05) is 6.07 Å². The fourth-order valence-corrected chi connectivity index (χ4v) is 4.85. The van der Waals surface area contributed by atoms with Crippen LogP contribution in [0.15, 0.2) is 18.3 Å². The van der Waals surface area contributed by atoms with Crippen LogP contribution in [-0.2, 0) is 24.1 Å². The highest BCUT2D eigenvalue weighted by Gasteiger charge is 2.23. The van der Waals surface area contributed by atoms with Gasteiger partial charge in [0.15, 0.2) is 5.13 Å². The van der Waals surface area contributed by atoms with E-state index in [1.165, 1.54) is 17.7 Å². The predicted octanol–water partition coefficient (Wildman–Crippen LogP) is 3.35. The van der Waals surface area contributed by atoms with Crippen LogP contribution >= 0.6 is 11.3 Å². The molecule has 1 saturated heterocycles. The number of aryl methyl sites for hydroxylation is 2. The summed E-state index contributed by atoms with van der Waals surface area (Å²) in [6.07, 6.45) is 6.73. The van der Waals surface area contributed by atoms with Crippen molar-refractivity contribution in [1.82, 2.24) is 15.3 Å². The number of ether oxygens (including phenoxy) is 1. The number of pyridine rings is 1. The molecule has 2 aromatic heterocycles. The van der Waals surface area contributed by atoms with Gasteiger partial charge in [0.25, 0.3) is 0 Å². The zero-order valence-corrected chi connectivity index (χ0v) is 17.2. The summed E-state index contributed by atoms with van der Waals surface area (Å²) in [6, 6.07) is 3.79. The standard InChI is InChI=1S/C20H27N5O2S/c1-13-11-25(12-14(2)27-13)18-8-7-15(9-21-18)10-22-19(26)24-20-23-16-5-3-4-6-17(16)28-20/h7-9,13-14H,3-6,10-12H2,1-2H3,(H2,22,23,24,26). The number of carbonyl (C=O) groups is 1.